The van der Waals surface area contributed by atoms with Crippen LogP contribution in [0.25, 0.3) is 11.1 Å². The Labute approximate surface area is 252 Å². The molecule has 2 unspecified atom stereocenters. The second-order valence-electron chi connectivity index (χ2n) is 10.8. The van der Waals surface area contributed by atoms with Gasteiger partial charge in [0.15, 0.2) is 0 Å². The van der Waals surface area contributed by atoms with Crippen LogP contribution in [0.2, 0.25) is 5.02 Å². The highest BCUT2D eigenvalue weighted by Gasteiger charge is 2.29. The molecule has 1 fully saturated rings. The number of aromatic nitrogens is 2. The summed E-state index contributed by atoms with van der Waals surface area (Å²) in [5.41, 5.74) is 9.79. The predicted octanol–water partition coefficient (Wildman–Crippen LogP) is 6.50. The number of likely N-dealkylation sites (tertiary alicyclic amines) is 1. The zero-order chi connectivity index (χ0) is 29.5. The molecule has 6 rings (SSSR count). The van der Waals surface area contributed by atoms with Crippen LogP contribution < -0.4 is 15.2 Å². The summed E-state index contributed by atoms with van der Waals surface area (Å²) in [7, 11) is 3.95. The predicted molar refractivity (Wildman–Crippen MR) is 163 cm³/mol. The Bertz CT molecular complexity index is 1680. The van der Waals surface area contributed by atoms with Crippen molar-refractivity contribution in [3.8, 4) is 22.6 Å². The van der Waals surface area contributed by atoms with E-state index < -0.39 is 17.8 Å². The Hall–Kier alpha value is -3.73. The van der Waals surface area contributed by atoms with Crippen LogP contribution in [0, 0.1) is 5.82 Å². The molecule has 0 bridgehead atoms. The van der Waals surface area contributed by atoms with Gasteiger partial charge in [0.25, 0.3) is 5.91 Å². The van der Waals surface area contributed by atoms with E-state index in [0.717, 1.165) is 53.2 Å². The average molecular weight is 608 g/mol. The fraction of sp³-hybridized carbons (Fsp3) is 0.323. The number of fused-ring (bicyclic) bond motifs is 1. The molecule has 1 amide bonds. The number of nitrogens with zero attached hydrogens (tertiary/aromatic N) is 4. The number of hydrogen-bond donors (Lipinski definition) is 1. The van der Waals surface area contributed by atoms with Crippen LogP contribution in [-0.2, 0) is 7.05 Å². The molecular weight excluding hydrogens is 577 g/mol. The monoisotopic (exact) mass is 607 g/mol. The Kier molecular flexibility index (Phi) is 7.78. The van der Waals surface area contributed by atoms with Gasteiger partial charge in [-0.1, -0.05) is 23.7 Å². The molecule has 1 saturated heterocycles. The Balaban J connectivity index is 1.24. The van der Waals surface area contributed by atoms with E-state index in [4.69, 9.17) is 26.8 Å². The number of carbonyl (C=O) groups excluding carboxylic acids is 1. The first kappa shape index (κ1) is 28.4. The molecule has 2 aromatic carbocycles. The molecule has 0 aliphatic carbocycles. The normalized spacial score (nSPS) is 17.8. The molecule has 4 aromatic rings. The number of halogens is 2. The van der Waals surface area contributed by atoms with E-state index in [9.17, 15) is 4.79 Å². The molecule has 11 heteroatoms. The summed E-state index contributed by atoms with van der Waals surface area (Å²) in [6, 6.07) is 10.8. The van der Waals surface area contributed by atoms with E-state index in [1.165, 1.54) is 17.4 Å². The van der Waals surface area contributed by atoms with Crippen molar-refractivity contribution in [2.45, 2.75) is 37.9 Å². The summed E-state index contributed by atoms with van der Waals surface area (Å²) in [5, 5.41) is 4.42. The third-order valence-electron chi connectivity index (χ3n) is 7.77. The molecule has 2 aromatic heterocycles. The van der Waals surface area contributed by atoms with Crippen molar-refractivity contribution < 1.29 is 18.7 Å². The second-order valence-corrected chi connectivity index (χ2v) is 12.3. The second kappa shape index (κ2) is 11.5. The highest BCUT2D eigenvalue weighted by Crippen LogP contribution is 2.45. The average Bonchev–Trinajstić information content (AvgIpc) is 3.69. The minimum atomic E-state index is -0.814. The topological polar surface area (TPSA) is 95.0 Å². The lowest BCUT2D eigenvalue weighted by molar-refractivity contribution is 0.0997. The maximum atomic E-state index is 15.1. The summed E-state index contributed by atoms with van der Waals surface area (Å²) in [6.45, 7) is 3.54. The van der Waals surface area contributed by atoms with Crippen molar-refractivity contribution in [3.05, 3.63) is 80.5 Å². The number of rotatable bonds is 8. The minimum Gasteiger partial charge on any atom is -0.489 e. The smallest absolute Gasteiger partial charge is 0.262 e. The fourth-order valence-electron chi connectivity index (χ4n) is 5.48. The van der Waals surface area contributed by atoms with Gasteiger partial charge in [-0.05, 0) is 62.2 Å². The number of aliphatic imine (C=N–C) groups is 1. The maximum Gasteiger partial charge on any atom is 0.262 e. The molecule has 8 nitrogen and oxygen atoms in total. The van der Waals surface area contributed by atoms with E-state index in [0.29, 0.717) is 5.75 Å². The number of piperidine rings is 1. The zero-order valence-electron chi connectivity index (χ0n) is 23.5. The van der Waals surface area contributed by atoms with Crippen molar-refractivity contribution in [2.24, 2.45) is 17.8 Å². The third kappa shape index (κ3) is 5.54. The van der Waals surface area contributed by atoms with Gasteiger partial charge in [0, 0.05) is 43.0 Å². The Morgan fingerprint density at radius 1 is 1.14 bits per heavy atom. The highest BCUT2D eigenvalue weighted by atomic mass is 35.5. The molecule has 42 heavy (non-hydrogen) atoms. The van der Waals surface area contributed by atoms with Crippen molar-refractivity contribution in [1.82, 2.24) is 14.7 Å². The van der Waals surface area contributed by atoms with Crippen molar-refractivity contribution in [1.29, 1.82) is 0 Å². The Morgan fingerprint density at radius 2 is 1.93 bits per heavy atom. The van der Waals surface area contributed by atoms with Crippen LogP contribution in [0.5, 0.6) is 11.5 Å². The SMILES string of the molecule is CC(Oc1cc(C2C=Nc3cc(-c4cnn(C)c4)ccc32)sc1C(N)=O)c1c(F)ccc(OC2CCN(C)CC2)c1Cl. The zero-order valence-corrected chi connectivity index (χ0v) is 25.1. The fourth-order valence-corrected chi connectivity index (χ4v) is 6.86. The van der Waals surface area contributed by atoms with Gasteiger partial charge in [0.1, 0.15) is 34.4 Å². The van der Waals surface area contributed by atoms with Gasteiger partial charge in [-0.3, -0.25) is 14.5 Å². The van der Waals surface area contributed by atoms with Crippen molar-refractivity contribution in [2.75, 3.05) is 20.1 Å². The molecule has 0 radical (unpaired) electrons. The van der Waals surface area contributed by atoms with Gasteiger partial charge in [0.05, 0.1) is 28.4 Å². The molecule has 4 heterocycles. The number of ether oxygens (including phenoxy) is 2. The number of primary amides is 1. The van der Waals surface area contributed by atoms with E-state index in [1.807, 2.05) is 43.9 Å². The van der Waals surface area contributed by atoms with E-state index in [-0.39, 0.29) is 33.2 Å². The first-order chi connectivity index (χ1) is 20.2. The molecule has 0 spiro atoms. The number of aryl methyl sites for hydroxylation is 1. The van der Waals surface area contributed by atoms with Crippen LogP contribution >= 0.6 is 22.9 Å². The summed E-state index contributed by atoms with van der Waals surface area (Å²) in [5.74, 6) is -0.614. The summed E-state index contributed by atoms with van der Waals surface area (Å²) in [4.78, 5) is 20.4. The Morgan fingerprint density at radius 3 is 2.64 bits per heavy atom. The molecule has 0 saturated carbocycles. The first-order valence-corrected chi connectivity index (χ1v) is 15.0. The number of amides is 1. The number of nitrogens with two attached hydrogens (primary N) is 1. The number of thiophene rings is 1. The van der Waals surface area contributed by atoms with Crippen LogP contribution in [0.4, 0.5) is 10.1 Å². The molecule has 218 valence electrons. The van der Waals surface area contributed by atoms with Gasteiger partial charge in [-0.25, -0.2) is 4.39 Å². The summed E-state index contributed by atoms with van der Waals surface area (Å²) in [6.07, 6.45) is 6.53. The summed E-state index contributed by atoms with van der Waals surface area (Å²) >= 11 is 7.93. The van der Waals surface area contributed by atoms with Crippen molar-refractivity contribution >= 4 is 40.7 Å². The molecule has 2 aliphatic rings. The van der Waals surface area contributed by atoms with E-state index >= 15 is 4.39 Å². The lowest BCUT2D eigenvalue weighted by Crippen LogP contribution is -2.35. The van der Waals surface area contributed by atoms with Gasteiger partial charge in [-0.2, -0.15) is 5.10 Å². The number of benzene rings is 2. The first-order valence-electron chi connectivity index (χ1n) is 13.8. The van der Waals surface area contributed by atoms with Gasteiger partial charge in [0.2, 0.25) is 0 Å². The largest absolute Gasteiger partial charge is 0.489 e. The quantitative estimate of drug-likeness (QED) is 0.247. The molecule has 2 atom stereocenters. The minimum absolute atomic E-state index is 0.00512. The van der Waals surface area contributed by atoms with Gasteiger partial charge >= 0.3 is 0 Å². The lowest BCUT2D eigenvalue weighted by Gasteiger charge is -2.30. The van der Waals surface area contributed by atoms with Crippen LogP contribution in [-0.4, -0.2) is 53.0 Å². The number of hydrogen-bond acceptors (Lipinski definition) is 7. The van der Waals surface area contributed by atoms with Crippen molar-refractivity contribution in [3.63, 3.8) is 0 Å². The molecule has 2 N–H and O–H groups in total. The summed E-state index contributed by atoms with van der Waals surface area (Å²) < 4.78 is 29.2. The van der Waals surface area contributed by atoms with E-state index in [2.05, 4.69) is 22.0 Å². The van der Waals surface area contributed by atoms with Gasteiger partial charge in [-0.15, -0.1) is 11.3 Å². The van der Waals surface area contributed by atoms with Crippen LogP contribution in [0.15, 0.2) is 53.8 Å². The maximum absolute atomic E-state index is 15.1. The molecular formula is C31H31ClFN5O3S. The standard InChI is InChI=1S/C31H31ClFN5O3S/c1-17(28-23(33)6-7-25(29(28)32)41-20-8-10-37(2)11-9-20)40-26-13-27(42-30(26)31(34)39)22-15-35-24-12-18(4-5-21(22)24)19-14-36-38(3)16-19/h4-7,12-17,20,22H,8-11H2,1-3H3,(H2,34,39). The van der Waals surface area contributed by atoms with E-state index in [1.54, 1.807) is 23.7 Å². The molecule has 2 aliphatic heterocycles. The van der Waals surface area contributed by atoms with Gasteiger partial charge < -0.3 is 20.1 Å². The third-order valence-corrected chi connectivity index (χ3v) is 9.38. The van der Waals surface area contributed by atoms with Crippen LogP contribution in [0.3, 0.4) is 0 Å². The number of carbonyl (C=O) groups is 1. The van der Waals surface area contributed by atoms with Crippen LogP contribution in [0.1, 0.15) is 57.5 Å². The lowest BCUT2D eigenvalue weighted by atomic mass is 9.97. The highest BCUT2D eigenvalue weighted by molar-refractivity contribution is 7.14.